The minimum Gasteiger partial charge on any atom is -0.392 e. The Morgan fingerprint density at radius 2 is 2.25 bits per heavy atom. The van der Waals surface area contributed by atoms with Gasteiger partial charge in [-0.2, -0.15) is 0 Å². The fourth-order valence-electron chi connectivity index (χ4n) is 0.823. The number of alkyl halides is 2. The first-order chi connectivity index (χ1) is 5.65. The second-order valence-corrected chi connectivity index (χ2v) is 2.29. The van der Waals surface area contributed by atoms with Gasteiger partial charge in [0.1, 0.15) is 11.5 Å². The van der Waals surface area contributed by atoms with Crippen LogP contribution in [0.4, 0.5) is 8.78 Å². The summed E-state index contributed by atoms with van der Waals surface area (Å²) in [6.45, 7) is 1.06. The third kappa shape index (κ3) is 1.73. The highest BCUT2D eigenvalue weighted by Crippen LogP contribution is 2.19. The number of nitrogens with zero attached hydrogens (tertiary/aromatic N) is 2. The standard InChI is InChI=1S/C7H8F2N2O/c1-4-10-2-5(3-12)6(11-4)7(8)9/h2,7,12H,3H2,1H3. The summed E-state index contributed by atoms with van der Waals surface area (Å²) in [6, 6.07) is 0. The summed E-state index contributed by atoms with van der Waals surface area (Å²) >= 11 is 0. The number of hydrogen-bond acceptors (Lipinski definition) is 3. The molecule has 0 aliphatic carbocycles. The molecule has 1 rings (SSSR count). The van der Waals surface area contributed by atoms with Gasteiger partial charge in [0.05, 0.1) is 6.61 Å². The lowest BCUT2D eigenvalue weighted by atomic mass is 10.2. The molecule has 0 bridgehead atoms. The van der Waals surface area contributed by atoms with E-state index in [1.165, 1.54) is 13.1 Å². The van der Waals surface area contributed by atoms with Gasteiger partial charge in [0.25, 0.3) is 6.43 Å². The van der Waals surface area contributed by atoms with Crippen molar-refractivity contribution < 1.29 is 13.9 Å². The van der Waals surface area contributed by atoms with Crippen LogP contribution in [0.15, 0.2) is 6.20 Å². The van der Waals surface area contributed by atoms with Crippen molar-refractivity contribution in [3.8, 4) is 0 Å². The zero-order valence-corrected chi connectivity index (χ0v) is 6.46. The summed E-state index contributed by atoms with van der Waals surface area (Å²) in [5.41, 5.74) is -0.305. The highest BCUT2D eigenvalue weighted by Gasteiger charge is 2.14. The highest BCUT2D eigenvalue weighted by atomic mass is 19.3. The Morgan fingerprint density at radius 1 is 1.58 bits per heavy atom. The Hall–Kier alpha value is -1.10. The molecule has 3 nitrogen and oxygen atoms in total. The molecule has 5 heteroatoms. The number of rotatable bonds is 2. The maximum absolute atomic E-state index is 12.2. The van der Waals surface area contributed by atoms with Gasteiger partial charge in [-0.1, -0.05) is 0 Å². The Labute approximate surface area is 68.1 Å². The van der Waals surface area contributed by atoms with E-state index in [9.17, 15) is 8.78 Å². The number of aliphatic hydroxyl groups excluding tert-OH is 1. The number of halogens is 2. The first kappa shape index (κ1) is 8.99. The maximum atomic E-state index is 12.2. The Bertz CT molecular complexity index is 278. The van der Waals surface area contributed by atoms with E-state index in [2.05, 4.69) is 9.97 Å². The number of aryl methyl sites for hydroxylation is 1. The van der Waals surface area contributed by atoms with E-state index in [-0.39, 0.29) is 17.1 Å². The van der Waals surface area contributed by atoms with Crippen LogP contribution in [0.2, 0.25) is 0 Å². The van der Waals surface area contributed by atoms with Crippen molar-refractivity contribution in [1.29, 1.82) is 0 Å². The molecule has 0 radical (unpaired) electrons. The first-order valence-electron chi connectivity index (χ1n) is 3.36. The predicted molar refractivity (Wildman–Crippen MR) is 37.6 cm³/mol. The van der Waals surface area contributed by atoms with Crippen molar-refractivity contribution in [2.75, 3.05) is 0 Å². The van der Waals surface area contributed by atoms with Crippen LogP contribution >= 0.6 is 0 Å². The number of aromatic nitrogens is 2. The number of hydrogen-bond donors (Lipinski definition) is 1. The van der Waals surface area contributed by atoms with E-state index >= 15 is 0 Å². The van der Waals surface area contributed by atoms with Gasteiger partial charge in [-0.25, -0.2) is 18.7 Å². The van der Waals surface area contributed by atoms with Crippen LogP contribution in [-0.4, -0.2) is 15.1 Å². The van der Waals surface area contributed by atoms with E-state index in [4.69, 9.17) is 5.11 Å². The van der Waals surface area contributed by atoms with Crippen LogP contribution in [0, 0.1) is 6.92 Å². The normalized spacial score (nSPS) is 10.8. The van der Waals surface area contributed by atoms with Crippen molar-refractivity contribution in [2.24, 2.45) is 0 Å². The summed E-state index contributed by atoms with van der Waals surface area (Å²) in [5, 5.41) is 8.64. The molecule has 0 aliphatic heterocycles. The third-order valence-electron chi connectivity index (χ3n) is 1.40. The lowest BCUT2D eigenvalue weighted by Crippen LogP contribution is -2.02. The largest absolute Gasteiger partial charge is 0.392 e. The summed E-state index contributed by atoms with van der Waals surface area (Å²) in [4.78, 5) is 7.21. The first-order valence-corrected chi connectivity index (χ1v) is 3.36. The molecule has 1 aromatic heterocycles. The SMILES string of the molecule is Cc1ncc(CO)c(C(F)F)n1. The Balaban J connectivity index is 3.12. The maximum Gasteiger partial charge on any atom is 0.280 e. The Kier molecular flexibility index (Phi) is 2.65. The van der Waals surface area contributed by atoms with E-state index in [1.807, 2.05) is 0 Å². The molecule has 0 atom stereocenters. The zero-order valence-electron chi connectivity index (χ0n) is 6.46. The van der Waals surface area contributed by atoms with Crippen molar-refractivity contribution in [3.05, 3.63) is 23.3 Å². The van der Waals surface area contributed by atoms with Crippen LogP contribution in [0.5, 0.6) is 0 Å². The van der Waals surface area contributed by atoms with E-state index in [0.29, 0.717) is 0 Å². The molecule has 0 saturated carbocycles. The Morgan fingerprint density at radius 3 is 2.75 bits per heavy atom. The molecular weight excluding hydrogens is 166 g/mol. The lowest BCUT2D eigenvalue weighted by Gasteiger charge is -2.04. The van der Waals surface area contributed by atoms with Crippen molar-refractivity contribution in [2.45, 2.75) is 20.0 Å². The molecule has 0 fully saturated rings. The number of aliphatic hydroxyl groups is 1. The zero-order chi connectivity index (χ0) is 9.14. The van der Waals surface area contributed by atoms with Crippen LogP contribution in [0.25, 0.3) is 0 Å². The molecule has 66 valence electrons. The van der Waals surface area contributed by atoms with Gasteiger partial charge >= 0.3 is 0 Å². The summed E-state index contributed by atoms with van der Waals surface area (Å²) in [7, 11) is 0. The summed E-state index contributed by atoms with van der Waals surface area (Å²) in [5.74, 6) is 0.280. The average Bonchev–Trinajstić information content (AvgIpc) is 2.04. The van der Waals surface area contributed by atoms with Crippen LogP contribution in [-0.2, 0) is 6.61 Å². The van der Waals surface area contributed by atoms with E-state index in [1.54, 1.807) is 0 Å². The predicted octanol–water partition coefficient (Wildman–Crippen LogP) is 1.21. The van der Waals surface area contributed by atoms with Crippen LogP contribution < -0.4 is 0 Å². The minimum atomic E-state index is -2.66. The van der Waals surface area contributed by atoms with Gasteiger partial charge in [-0.3, -0.25) is 0 Å². The van der Waals surface area contributed by atoms with Crippen LogP contribution in [0.1, 0.15) is 23.5 Å². The average molecular weight is 174 g/mol. The van der Waals surface area contributed by atoms with Gasteiger partial charge in [0.2, 0.25) is 0 Å². The second-order valence-electron chi connectivity index (χ2n) is 2.29. The fourth-order valence-corrected chi connectivity index (χ4v) is 0.823. The quantitative estimate of drug-likeness (QED) is 0.733. The fraction of sp³-hybridized carbons (Fsp3) is 0.429. The molecule has 0 amide bonds. The molecule has 0 aromatic carbocycles. The van der Waals surface area contributed by atoms with Crippen molar-refractivity contribution in [1.82, 2.24) is 9.97 Å². The molecule has 0 saturated heterocycles. The highest BCUT2D eigenvalue weighted by molar-refractivity contribution is 5.17. The summed E-state index contributed by atoms with van der Waals surface area (Å²) in [6.07, 6.45) is -1.45. The van der Waals surface area contributed by atoms with Gasteiger partial charge < -0.3 is 5.11 Å². The molecular formula is C7H8F2N2O. The lowest BCUT2D eigenvalue weighted by molar-refractivity contribution is 0.141. The van der Waals surface area contributed by atoms with Gasteiger partial charge in [0.15, 0.2) is 0 Å². The van der Waals surface area contributed by atoms with Gasteiger partial charge in [-0.15, -0.1) is 0 Å². The molecule has 0 aliphatic rings. The van der Waals surface area contributed by atoms with E-state index in [0.717, 1.165) is 0 Å². The van der Waals surface area contributed by atoms with Crippen molar-refractivity contribution in [3.63, 3.8) is 0 Å². The smallest absolute Gasteiger partial charge is 0.280 e. The molecule has 0 unspecified atom stereocenters. The second kappa shape index (κ2) is 3.53. The molecule has 1 N–H and O–H groups in total. The molecule has 0 spiro atoms. The monoisotopic (exact) mass is 174 g/mol. The third-order valence-corrected chi connectivity index (χ3v) is 1.40. The van der Waals surface area contributed by atoms with Crippen molar-refractivity contribution >= 4 is 0 Å². The van der Waals surface area contributed by atoms with Gasteiger partial charge in [-0.05, 0) is 6.92 Å². The van der Waals surface area contributed by atoms with E-state index < -0.39 is 13.0 Å². The molecule has 1 aromatic rings. The van der Waals surface area contributed by atoms with Crippen LogP contribution in [0.3, 0.4) is 0 Å². The summed E-state index contributed by atoms with van der Waals surface area (Å²) < 4.78 is 24.4. The topological polar surface area (TPSA) is 46.0 Å². The van der Waals surface area contributed by atoms with Gasteiger partial charge in [0, 0.05) is 11.8 Å². The minimum absolute atomic E-state index is 0.0793. The molecule has 12 heavy (non-hydrogen) atoms. The molecule has 1 heterocycles.